The van der Waals surface area contributed by atoms with Gasteiger partial charge in [-0.15, -0.1) is 0 Å². The van der Waals surface area contributed by atoms with Crippen LogP contribution in [0.1, 0.15) is 34.7 Å². The molecule has 33 heavy (non-hydrogen) atoms. The zero-order chi connectivity index (χ0) is 23.2. The predicted molar refractivity (Wildman–Crippen MR) is 128 cm³/mol. The lowest BCUT2D eigenvalue weighted by Crippen LogP contribution is -2.25. The van der Waals surface area contributed by atoms with Crippen molar-refractivity contribution in [2.24, 2.45) is 5.73 Å². The molecule has 4 rings (SSSR count). The van der Waals surface area contributed by atoms with Gasteiger partial charge in [0.15, 0.2) is 0 Å². The summed E-state index contributed by atoms with van der Waals surface area (Å²) in [7, 11) is 2.09. The molecule has 2 aromatic heterocycles. The lowest BCUT2D eigenvalue weighted by Gasteiger charge is -2.23. The van der Waals surface area contributed by atoms with Gasteiger partial charge in [-0.25, -0.2) is 9.37 Å². The fraction of sp³-hybridized carbons (Fsp3) is 0.269. The summed E-state index contributed by atoms with van der Waals surface area (Å²) in [5.74, 6) is -0.795. The van der Waals surface area contributed by atoms with Crippen molar-refractivity contribution in [3.63, 3.8) is 0 Å². The zero-order valence-corrected chi connectivity index (χ0v) is 18.7. The standard InChI is InChI=1S/C26H28FN5O/c1-32-14-10-19(11-15-32)23-8-7-22(24(25(28)33)20-5-3-12-29-17-20)26(31-23)30-13-9-18-4-2-6-21(27)16-18/h2-8,10,12,16-17,24H,9,11,13-15H2,1H3,(H2,28,33)(H,30,31). The number of pyridine rings is 2. The summed E-state index contributed by atoms with van der Waals surface area (Å²) in [6, 6.07) is 14.1. The molecule has 7 heteroatoms. The summed E-state index contributed by atoms with van der Waals surface area (Å²) < 4.78 is 13.6. The topological polar surface area (TPSA) is 84.1 Å². The Hall–Kier alpha value is -3.58. The summed E-state index contributed by atoms with van der Waals surface area (Å²) in [6.07, 6.45) is 7.03. The molecular weight excluding hydrogens is 417 g/mol. The lowest BCUT2D eigenvalue weighted by molar-refractivity contribution is -0.118. The first-order valence-electron chi connectivity index (χ1n) is 11.1. The van der Waals surface area contributed by atoms with E-state index in [1.807, 2.05) is 24.3 Å². The van der Waals surface area contributed by atoms with E-state index < -0.39 is 11.8 Å². The fourth-order valence-corrected chi connectivity index (χ4v) is 4.09. The van der Waals surface area contributed by atoms with Crippen LogP contribution in [-0.4, -0.2) is 47.5 Å². The highest BCUT2D eigenvalue weighted by Crippen LogP contribution is 2.31. The second-order valence-electron chi connectivity index (χ2n) is 8.30. The van der Waals surface area contributed by atoms with Crippen LogP contribution in [0.15, 0.2) is 67.0 Å². The highest BCUT2D eigenvalue weighted by atomic mass is 19.1. The summed E-state index contributed by atoms with van der Waals surface area (Å²) in [5.41, 5.74) is 10.2. The minimum atomic E-state index is -0.677. The third-order valence-electron chi connectivity index (χ3n) is 5.88. The molecule has 3 aromatic rings. The van der Waals surface area contributed by atoms with Gasteiger partial charge in [0.2, 0.25) is 5.91 Å². The van der Waals surface area contributed by atoms with E-state index in [0.29, 0.717) is 29.9 Å². The van der Waals surface area contributed by atoms with Crippen LogP contribution in [0.3, 0.4) is 0 Å². The van der Waals surface area contributed by atoms with Crippen molar-refractivity contribution in [1.82, 2.24) is 14.9 Å². The molecule has 0 spiro atoms. The van der Waals surface area contributed by atoms with Crippen LogP contribution < -0.4 is 11.1 Å². The maximum Gasteiger partial charge on any atom is 0.229 e. The predicted octanol–water partition coefficient (Wildman–Crippen LogP) is 3.61. The second kappa shape index (κ2) is 10.4. The Balaban J connectivity index is 1.66. The summed E-state index contributed by atoms with van der Waals surface area (Å²) in [5, 5.41) is 3.38. The van der Waals surface area contributed by atoms with Gasteiger partial charge in [-0.05, 0) is 60.9 Å². The molecule has 0 radical (unpaired) electrons. The number of nitrogens with two attached hydrogens (primary N) is 1. The van der Waals surface area contributed by atoms with Crippen molar-refractivity contribution < 1.29 is 9.18 Å². The Labute approximate surface area is 193 Å². The molecule has 6 nitrogen and oxygen atoms in total. The van der Waals surface area contributed by atoms with Crippen LogP contribution in [0.25, 0.3) is 5.57 Å². The molecule has 1 amide bonds. The number of carbonyl (C=O) groups excluding carboxylic acids is 1. The third-order valence-corrected chi connectivity index (χ3v) is 5.88. The molecule has 1 unspecified atom stereocenters. The van der Waals surface area contributed by atoms with Crippen molar-refractivity contribution in [2.45, 2.75) is 18.8 Å². The van der Waals surface area contributed by atoms with Gasteiger partial charge < -0.3 is 16.0 Å². The van der Waals surface area contributed by atoms with Crippen LogP contribution in [0.5, 0.6) is 0 Å². The van der Waals surface area contributed by atoms with Crippen molar-refractivity contribution in [1.29, 1.82) is 0 Å². The largest absolute Gasteiger partial charge is 0.369 e. The first kappa shape index (κ1) is 22.6. The summed E-state index contributed by atoms with van der Waals surface area (Å²) in [6.45, 7) is 2.38. The van der Waals surface area contributed by atoms with E-state index in [-0.39, 0.29) is 5.82 Å². The summed E-state index contributed by atoms with van der Waals surface area (Å²) in [4.78, 5) is 23.8. The van der Waals surface area contributed by atoms with Gasteiger partial charge in [0.1, 0.15) is 11.6 Å². The van der Waals surface area contributed by atoms with Gasteiger partial charge in [0, 0.05) is 37.6 Å². The van der Waals surface area contributed by atoms with E-state index >= 15 is 0 Å². The SMILES string of the molecule is CN1CC=C(c2ccc(C(C(N)=O)c3cccnc3)c(NCCc3cccc(F)c3)n2)CC1. The number of likely N-dealkylation sites (N-methyl/N-ethyl adjacent to an activating group) is 1. The zero-order valence-electron chi connectivity index (χ0n) is 18.7. The van der Waals surface area contributed by atoms with Crippen molar-refractivity contribution >= 4 is 17.3 Å². The number of nitrogens with zero attached hydrogens (tertiary/aromatic N) is 3. The number of anilines is 1. The molecule has 1 atom stereocenters. The normalized spacial score (nSPS) is 15.0. The average Bonchev–Trinajstić information content (AvgIpc) is 2.81. The van der Waals surface area contributed by atoms with Crippen LogP contribution in [-0.2, 0) is 11.2 Å². The van der Waals surface area contributed by atoms with E-state index in [4.69, 9.17) is 10.7 Å². The van der Waals surface area contributed by atoms with Gasteiger partial charge in [-0.1, -0.05) is 30.3 Å². The van der Waals surface area contributed by atoms with E-state index in [1.54, 1.807) is 24.5 Å². The van der Waals surface area contributed by atoms with Crippen LogP contribution in [0.4, 0.5) is 10.2 Å². The Bertz CT molecular complexity index is 1150. The Morgan fingerprint density at radius 2 is 2.12 bits per heavy atom. The Morgan fingerprint density at radius 3 is 2.82 bits per heavy atom. The number of benzene rings is 1. The maximum absolute atomic E-state index is 13.6. The van der Waals surface area contributed by atoms with E-state index in [2.05, 4.69) is 28.3 Å². The fourth-order valence-electron chi connectivity index (χ4n) is 4.09. The smallest absolute Gasteiger partial charge is 0.229 e. The molecule has 170 valence electrons. The molecule has 1 aliphatic rings. The van der Waals surface area contributed by atoms with Crippen molar-refractivity contribution in [3.05, 3.63) is 95.2 Å². The van der Waals surface area contributed by atoms with Gasteiger partial charge in [0.05, 0.1) is 11.6 Å². The summed E-state index contributed by atoms with van der Waals surface area (Å²) >= 11 is 0. The highest BCUT2D eigenvalue weighted by molar-refractivity contribution is 5.87. The molecule has 3 N–H and O–H groups in total. The number of hydrogen-bond acceptors (Lipinski definition) is 5. The number of halogens is 1. The number of primary amides is 1. The minimum absolute atomic E-state index is 0.257. The van der Waals surface area contributed by atoms with Gasteiger partial charge in [-0.2, -0.15) is 0 Å². The molecule has 0 bridgehead atoms. The molecule has 3 heterocycles. The second-order valence-corrected chi connectivity index (χ2v) is 8.30. The highest BCUT2D eigenvalue weighted by Gasteiger charge is 2.25. The van der Waals surface area contributed by atoms with Gasteiger partial charge in [0.25, 0.3) is 0 Å². The van der Waals surface area contributed by atoms with Crippen molar-refractivity contribution in [3.8, 4) is 0 Å². The molecule has 0 saturated carbocycles. The first-order chi connectivity index (χ1) is 16.0. The number of hydrogen-bond donors (Lipinski definition) is 2. The first-order valence-corrected chi connectivity index (χ1v) is 11.1. The molecular formula is C26H28FN5O. The average molecular weight is 446 g/mol. The molecule has 0 saturated heterocycles. The lowest BCUT2D eigenvalue weighted by atomic mass is 9.91. The van der Waals surface area contributed by atoms with Crippen LogP contribution in [0, 0.1) is 5.82 Å². The molecule has 1 aromatic carbocycles. The monoisotopic (exact) mass is 445 g/mol. The van der Waals surface area contributed by atoms with E-state index in [1.165, 1.54) is 17.7 Å². The number of rotatable bonds is 8. The minimum Gasteiger partial charge on any atom is -0.369 e. The van der Waals surface area contributed by atoms with Crippen LogP contribution in [0.2, 0.25) is 0 Å². The Kier molecular flexibility index (Phi) is 7.10. The van der Waals surface area contributed by atoms with Crippen LogP contribution >= 0.6 is 0 Å². The van der Waals surface area contributed by atoms with E-state index in [0.717, 1.165) is 30.8 Å². The Morgan fingerprint density at radius 1 is 1.24 bits per heavy atom. The third kappa shape index (κ3) is 5.62. The molecule has 1 aliphatic heterocycles. The number of aromatic nitrogens is 2. The number of nitrogens with one attached hydrogen (secondary N) is 1. The molecule has 0 aliphatic carbocycles. The molecule has 0 fully saturated rings. The van der Waals surface area contributed by atoms with Gasteiger partial charge in [-0.3, -0.25) is 9.78 Å². The van der Waals surface area contributed by atoms with Crippen molar-refractivity contribution in [2.75, 3.05) is 32.0 Å². The quantitative estimate of drug-likeness (QED) is 0.553. The van der Waals surface area contributed by atoms with E-state index in [9.17, 15) is 9.18 Å². The number of amides is 1. The van der Waals surface area contributed by atoms with Gasteiger partial charge >= 0.3 is 0 Å². The number of carbonyl (C=O) groups is 1. The maximum atomic E-state index is 13.6.